The van der Waals surface area contributed by atoms with Crippen LogP contribution in [0.3, 0.4) is 0 Å². The van der Waals surface area contributed by atoms with E-state index in [-0.39, 0.29) is 12.0 Å². The molecule has 2 nitrogen and oxygen atoms in total. The van der Waals surface area contributed by atoms with Gasteiger partial charge in [0, 0.05) is 18.2 Å². The molecular weight excluding hydrogens is 174 g/mol. The van der Waals surface area contributed by atoms with Gasteiger partial charge in [-0.25, -0.2) is 0 Å². The molecule has 2 rings (SSSR count). The minimum atomic E-state index is -0.303. The van der Waals surface area contributed by atoms with Crippen LogP contribution in [0.1, 0.15) is 17.9 Å². The summed E-state index contributed by atoms with van der Waals surface area (Å²) < 4.78 is 0. The fourth-order valence-corrected chi connectivity index (χ4v) is 2.01. The minimum absolute atomic E-state index is 0.199. The number of nitrogens with one attached hydrogen (secondary N) is 1. The van der Waals surface area contributed by atoms with Crippen LogP contribution in [0, 0.1) is 0 Å². The number of aliphatic hydroxyl groups excluding tert-OH is 1. The molecule has 0 unspecified atom stereocenters. The van der Waals surface area contributed by atoms with Gasteiger partial charge in [-0.1, -0.05) is 24.3 Å². The minimum Gasteiger partial charge on any atom is -0.391 e. The van der Waals surface area contributed by atoms with E-state index in [1.165, 1.54) is 5.56 Å². The predicted molar refractivity (Wildman–Crippen MR) is 58.5 cm³/mol. The van der Waals surface area contributed by atoms with Gasteiger partial charge in [-0.2, -0.15) is 0 Å². The van der Waals surface area contributed by atoms with E-state index in [2.05, 4.69) is 24.0 Å². The van der Waals surface area contributed by atoms with Gasteiger partial charge in [-0.15, -0.1) is 6.58 Å². The molecule has 0 bridgehead atoms. The quantitative estimate of drug-likeness (QED) is 0.698. The van der Waals surface area contributed by atoms with E-state index in [9.17, 15) is 5.11 Å². The lowest BCUT2D eigenvalue weighted by atomic mass is 9.86. The molecule has 2 N–H and O–H groups in total. The maximum Gasteiger partial charge on any atom is 0.0784 e. The molecule has 1 aromatic carbocycles. The van der Waals surface area contributed by atoms with Crippen LogP contribution in [-0.2, 0) is 0 Å². The molecule has 14 heavy (non-hydrogen) atoms. The number of hydrogen-bond acceptors (Lipinski definition) is 2. The number of allylic oxidation sites excluding steroid dienone is 1. The number of β-amino-alcohol motifs (C(OH)–C–C–N with tert-alkyl or cyclic N) is 1. The van der Waals surface area contributed by atoms with Crippen molar-refractivity contribution >= 4 is 5.69 Å². The first-order valence-corrected chi connectivity index (χ1v) is 4.94. The van der Waals surface area contributed by atoms with Crippen LogP contribution in [0.2, 0.25) is 0 Å². The molecule has 0 amide bonds. The van der Waals surface area contributed by atoms with E-state index in [1.807, 2.05) is 18.2 Å². The summed E-state index contributed by atoms with van der Waals surface area (Å²) in [6.07, 6.45) is 2.40. The third kappa shape index (κ3) is 1.53. The van der Waals surface area contributed by atoms with Crippen LogP contribution in [0.5, 0.6) is 0 Å². The largest absolute Gasteiger partial charge is 0.391 e. The summed E-state index contributed by atoms with van der Waals surface area (Å²) in [4.78, 5) is 0. The molecule has 0 aliphatic carbocycles. The van der Waals surface area contributed by atoms with Gasteiger partial charge in [0.2, 0.25) is 0 Å². The monoisotopic (exact) mass is 189 g/mol. The molecule has 1 heterocycles. The Morgan fingerprint density at radius 3 is 3.07 bits per heavy atom. The Bertz CT molecular complexity index is 335. The van der Waals surface area contributed by atoms with Crippen molar-refractivity contribution in [3.8, 4) is 0 Å². The summed E-state index contributed by atoms with van der Waals surface area (Å²) in [5.41, 5.74) is 2.34. The van der Waals surface area contributed by atoms with Crippen molar-refractivity contribution in [2.24, 2.45) is 0 Å². The van der Waals surface area contributed by atoms with E-state index in [4.69, 9.17) is 0 Å². The van der Waals surface area contributed by atoms with Crippen LogP contribution >= 0.6 is 0 Å². The number of rotatable bonds is 2. The normalized spacial score (nSPS) is 24.9. The fraction of sp³-hybridized carbons (Fsp3) is 0.333. The molecule has 1 aromatic rings. The SMILES string of the molecule is C=CC[C@@H]1c2ccccc2NC[C@H]1O. The van der Waals surface area contributed by atoms with Crippen LogP contribution in [0.25, 0.3) is 0 Å². The molecule has 0 fully saturated rings. The van der Waals surface area contributed by atoms with Gasteiger partial charge in [0.25, 0.3) is 0 Å². The average molecular weight is 189 g/mol. The summed E-state index contributed by atoms with van der Waals surface area (Å²) >= 11 is 0. The number of anilines is 1. The molecule has 0 radical (unpaired) electrons. The molecule has 2 atom stereocenters. The van der Waals surface area contributed by atoms with Crippen molar-refractivity contribution in [2.45, 2.75) is 18.4 Å². The molecule has 0 spiro atoms. The molecule has 0 saturated carbocycles. The first-order valence-electron chi connectivity index (χ1n) is 4.94. The molecular formula is C12H15NO. The Kier molecular flexibility index (Phi) is 2.55. The molecule has 1 aliphatic rings. The van der Waals surface area contributed by atoms with Crippen LogP contribution < -0.4 is 5.32 Å². The number of hydrogen-bond donors (Lipinski definition) is 2. The Morgan fingerprint density at radius 1 is 1.50 bits per heavy atom. The Hall–Kier alpha value is -1.28. The Morgan fingerprint density at radius 2 is 2.29 bits per heavy atom. The van der Waals surface area contributed by atoms with Crippen LogP contribution in [-0.4, -0.2) is 17.8 Å². The van der Waals surface area contributed by atoms with Gasteiger partial charge in [-0.3, -0.25) is 0 Å². The van der Waals surface area contributed by atoms with Crippen molar-refractivity contribution in [1.29, 1.82) is 0 Å². The predicted octanol–water partition coefficient (Wildman–Crippen LogP) is 2.13. The van der Waals surface area contributed by atoms with E-state index in [0.717, 1.165) is 12.1 Å². The van der Waals surface area contributed by atoms with Crippen molar-refractivity contribution < 1.29 is 5.11 Å². The highest BCUT2D eigenvalue weighted by Gasteiger charge is 2.26. The number of benzene rings is 1. The molecule has 1 aliphatic heterocycles. The summed E-state index contributed by atoms with van der Waals surface area (Å²) in [5, 5.41) is 13.1. The van der Waals surface area contributed by atoms with Gasteiger partial charge in [-0.05, 0) is 18.1 Å². The molecule has 0 aromatic heterocycles. The number of para-hydroxylation sites is 1. The first-order chi connectivity index (χ1) is 6.83. The summed E-state index contributed by atoms with van der Waals surface area (Å²) in [7, 11) is 0. The summed E-state index contributed by atoms with van der Waals surface area (Å²) in [5.74, 6) is 0.199. The first kappa shape index (κ1) is 9.28. The van der Waals surface area contributed by atoms with Gasteiger partial charge in [0.05, 0.1) is 6.10 Å². The lowest BCUT2D eigenvalue weighted by Crippen LogP contribution is -2.32. The van der Waals surface area contributed by atoms with Gasteiger partial charge in [0.1, 0.15) is 0 Å². The smallest absolute Gasteiger partial charge is 0.0784 e. The fourth-order valence-electron chi connectivity index (χ4n) is 2.01. The second kappa shape index (κ2) is 3.84. The topological polar surface area (TPSA) is 32.3 Å². The van der Waals surface area contributed by atoms with Crippen molar-refractivity contribution in [1.82, 2.24) is 0 Å². The average Bonchev–Trinajstić information content (AvgIpc) is 2.23. The van der Waals surface area contributed by atoms with Crippen molar-refractivity contribution in [3.63, 3.8) is 0 Å². The summed E-state index contributed by atoms with van der Waals surface area (Å²) in [6, 6.07) is 8.14. The zero-order valence-corrected chi connectivity index (χ0v) is 8.11. The second-order valence-corrected chi connectivity index (χ2v) is 3.67. The maximum atomic E-state index is 9.84. The second-order valence-electron chi connectivity index (χ2n) is 3.67. The Balaban J connectivity index is 2.35. The highest BCUT2D eigenvalue weighted by molar-refractivity contribution is 5.55. The van der Waals surface area contributed by atoms with Crippen LogP contribution in [0.4, 0.5) is 5.69 Å². The maximum absolute atomic E-state index is 9.84. The zero-order chi connectivity index (χ0) is 9.97. The standard InChI is InChI=1S/C12H15NO/c1-2-5-10-9-6-3-4-7-11(9)13-8-12(10)14/h2-4,6-7,10,12-14H,1,5,8H2/t10-,12-/m1/s1. The number of aliphatic hydroxyl groups is 1. The lowest BCUT2D eigenvalue weighted by molar-refractivity contribution is 0.152. The van der Waals surface area contributed by atoms with E-state index in [0.29, 0.717) is 6.54 Å². The molecule has 74 valence electrons. The highest BCUT2D eigenvalue weighted by atomic mass is 16.3. The van der Waals surface area contributed by atoms with Gasteiger partial charge >= 0.3 is 0 Å². The highest BCUT2D eigenvalue weighted by Crippen LogP contribution is 2.33. The van der Waals surface area contributed by atoms with Gasteiger partial charge in [0.15, 0.2) is 0 Å². The zero-order valence-electron chi connectivity index (χ0n) is 8.11. The Labute approximate surface area is 84.3 Å². The van der Waals surface area contributed by atoms with Crippen molar-refractivity contribution in [2.75, 3.05) is 11.9 Å². The lowest BCUT2D eigenvalue weighted by Gasteiger charge is -2.30. The van der Waals surface area contributed by atoms with Crippen LogP contribution in [0.15, 0.2) is 36.9 Å². The van der Waals surface area contributed by atoms with E-state index >= 15 is 0 Å². The molecule has 2 heteroatoms. The van der Waals surface area contributed by atoms with Crippen molar-refractivity contribution in [3.05, 3.63) is 42.5 Å². The third-order valence-electron chi connectivity index (χ3n) is 2.75. The van der Waals surface area contributed by atoms with Gasteiger partial charge < -0.3 is 10.4 Å². The summed E-state index contributed by atoms with van der Waals surface area (Å²) in [6.45, 7) is 4.37. The molecule has 0 saturated heterocycles. The third-order valence-corrected chi connectivity index (χ3v) is 2.75. The van der Waals surface area contributed by atoms with E-state index in [1.54, 1.807) is 0 Å². The van der Waals surface area contributed by atoms with E-state index < -0.39 is 0 Å². The number of fused-ring (bicyclic) bond motifs is 1.